The molecule has 7 heteroatoms. The molecule has 0 aromatic heterocycles. The average Bonchev–Trinajstić information content (AvgIpc) is 2.60. The lowest BCUT2D eigenvalue weighted by Crippen LogP contribution is -2.47. The molecular weight excluding hydrogens is 364 g/mol. The molecule has 0 unspecified atom stereocenters. The lowest BCUT2D eigenvalue weighted by molar-refractivity contribution is -0.118. The van der Waals surface area contributed by atoms with Gasteiger partial charge in [-0.1, -0.05) is 37.6 Å². The van der Waals surface area contributed by atoms with Crippen molar-refractivity contribution >= 4 is 21.6 Å². The molecule has 2 aromatic carbocycles. The van der Waals surface area contributed by atoms with Gasteiger partial charge in [0, 0.05) is 0 Å². The summed E-state index contributed by atoms with van der Waals surface area (Å²) in [6.45, 7) is 7.35. The van der Waals surface area contributed by atoms with Gasteiger partial charge in [0.15, 0.2) is 0 Å². The number of hydrogen-bond donors (Lipinski definition) is 2. The van der Waals surface area contributed by atoms with E-state index in [1.165, 1.54) is 19.2 Å². The van der Waals surface area contributed by atoms with Gasteiger partial charge in [-0.3, -0.25) is 4.79 Å². The Labute approximate surface area is 161 Å². The summed E-state index contributed by atoms with van der Waals surface area (Å²) in [6, 6.07) is 11.0. The highest BCUT2D eigenvalue weighted by Crippen LogP contribution is 2.26. The van der Waals surface area contributed by atoms with Crippen molar-refractivity contribution in [1.82, 2.24) is 4.72 Å². The Kier molecular flexibility index (Phi) is 6.62. The van der Waals surface area contributed by atoms with E-state index in [1.807, 2.05) is 19.9 Å². The standard InChI is InChI=1S/C20H26N2O4S/c1-13(2)19(22-27(24,25)16-9-6-14(3)7-10-16)20(23)21-17-12-15(4)8-11-18(17)26-5/h6-13,19,22H,1-5H3,(H,21,23)/t19-/m0/s1. The molecule has 0 saturated heterocycles. The third-order valence-electron chi connectivity index (χ3n) is 4.18. The number of aryl methyl sites for hydroxylation is 2. The van der Waals surface area contributed by atoms with Gasteiger partial charge in [0.05, 0.1) is 17.7 Å². The molecule has 6 nitrogen and oxygen atoms in total. The van der Waals surface area contributed by atoms with E-state index < -0.39 is 22.0 Å². The molecule has 27 heavy (non-hydrogen) atoms. The van der Waals surface area contributed by atoms with E-state index in [4.69, 9.17) is 4.74 Å². The fourth-order valence-corrected chi connectivity index (χ4v) is 3.92. The van der Waals surface area contributed by atoms with Gasteiger partial charge in [-0.2, -0.15) is 4.72 Å². The Balaban J connectivity index is 2.25. The Morgan fingerprint density at radius 2 is 1.59 bits per heavy atom. The number of hydrogen-bond acceptors (Lipinski definition) is 4. The minimum Gasteiger partial charge on any atom is -0.495 e. The van der Waals surface area contributed by atoms with Gasteiger partial charge in [0.1, 0.15) is 11.8 Å². The van der Waals surface area contributed by atoms with Crippen LogP contribution in [0.3, 0.4) is 0 Å². The van der Waals surface area contributed by atoms with E-state index in [0.717, 1.165) is 11.1 Å². The number of benzene rings is 2. The van der Waals surface area contributed by atoms with Gasteiger partial charge in [0.25, 0.3) is 0 Å². The minimum absolute atomic E-state index is 0.125. The molecule has 0 aliphatic carbocycles. The molecule has 0 bridgehead atoms. The van der Waals surface area contributed by atoms with Crippen LogP contribution in [-0.4, -0.2) is 27.5 Å². The number of ether oxygens (including phenoxy) is 1. The Morgan fingerprint density at radius 1 is 1.00 bits per heavy atom. The normalized spacial score (nSPS) is 12.7. The Hall–Kier alpha value is -2.38. The molecule has 1 atom stereocenters. The quantitative estimate of drug-likeness (QED) is 0.760. The SMILES string of the molecule is COc1ccc(C)cc1NC(=O)[C@@H](NS(=O)(=O)c1ccc(C)cc1)C(C)C. The van der Waals surface area contributed by atoms with E-state index in [0.29, 0.717) is 11.4 Å². The van der Waals surface area contributed by atoms with Crippen LogP contribution in [0.2, 0.25) is 0 Å². The van der Waals surface area contributed by atoms with Crippen LogP contribution < -0.4 is 14.8 Å². The van der Waals surface area contributed by atoms with Crippen LogP contribution in [0.25, 0.3) is 0 Å². The lowest BCUT2D eigenvalue weighted by Gasteiger charge is -2.22. The number of rotatable bonds is 7. The number of sulfonamides is 1. The molecular formula is C20H26N2O4S. The molecule has 2 rings (SSSR count). The molecule has 146 valence electrons. The van der Waals surface area contributed by atoms with Crippen molar-refractivity contribution in [2.75, 3.05) is 12.4 Å². The van der Waals surface area contributed by atoms with Crippen LogP contribution in [0.4, 0.5) is 5.69 Å². The van der Waals surface area contributed by atoms with Crippen LogP contribution in [0, 0.1) is 19.8 Å². The topological polar surface area (TPSA) is 84.5 Å². The maximum absolute atomic E-state index is 12.8. The van der Waals surface area contributed by atoms with Crippen molar-refractivity contribution in [3.8, 4) is 5.75 Å². The first kappa shape index (κ1) is 20.9. The molecule has 1 amide bonds. The van der Waals surface area contributed by atoms with Crippen molar-refractivity contribution in [1.29, 1.82) is 0 Å². The lowest BCUT2D eigenvalue weighted by atomic mass is 10.0. The molecule has 0 aliphatic heterocycles. The zero-order chi connectivity index (χ0) is 20.2. The van der Waals surface area contributed by atoms with Gasteiger partial charge >= 0.3 is 0 Å². The highest BCUT2D eigenvalue weighted by Gasteiger charge is 2.29. The Bertz CT molecular complexity index is 906. The van der Waals surface area contributed by atoms with Crippen LogP contribution >= 0.6 is 0 Å². The number of anilines is 1. The summed E-state index contributed by atoms with van der Waals surface area (Å²) < 4.78 is 33.1. The molecule has 2 aromatic rings. The van der Waals surface area contributed by atoms with Gasteiger partial charge < -0.3 is 10.1 Å². The van der Waals surface area contributed by atoms with Crippen molar-refractivity contribution in [2.45, 2.75) is 38.6 Å². The summed E-state index contributed by atoms with van der Waals surface area (Å²) in [5.41, 5.74) is 2.41. The fraction of sp³-hybridized carbons (Fsp3) is 0.350. The van der Waals surface area contributed by atoms with Gasteiger partial charge in [-0.05, 0) is 49.6 Å². The second kappa shape index (κ2) is 8.54. The summed E-state index contributed by atoms with van der Waals surface area (Å²) in [7, 11) is -2.31. The van der Waals surface area contributed by atoms with Crippen LogP contribution in [0.15, 0.2) is 47.4 Å². The maximum atomic E-state index is 12.8. The van der Waals surface area contributed by atoms with E-state index in [-0.39, 0.29) is 10.8 Å². The van der Waals surface area contributed by atoms with Gasteiger partial charge in [-0.25, -0.2) is 8.42 Å². The summed E-state index contributed by atoms with van der Waals surface area (Å²) in [5.74, 6) is -0.177. The fourth-order valence-electron chi connectivity index (χ4n) is 2.57. The first-order valence-electron chi connectivity index (χ1n) is 8.68. The van der Waals surface area contributed by atoms with Crippen LogP contribution in [0.5, 0.6) is 5.75 Å². The largest absolute Gasteiger partial charge is 0.495 e. The van der Waals surface area contributed by atoms with E-state index in [2.05, 4.69) is 10.0 Å². The predicted molar refractivity (Wildman–Crippen MR) is 106 cm³/mol. The maximum Gasteiger partial charge on any atom is 0.242 e. The van der Waals surface area contributed by atoms with Crippen molar-refractivity contribution in [3.05, 3.63) is 53.6 Å². The number of amides is 1. The van der Waals surface area contributed by atoms with Gasteiger partial charge in [-0.15, -0.1) is 0 Å². The summed E-state index contributed by atoms with van der Waals surface area (Å²) in [4.78, 5) is 12.9. The number of methoxy groups -OCH3 is 1. The second-order valence-corrected chi connectivity index (χ2v) is 8.56. The number of carbonyl (C=O) groups is 1. The van der Waals surface area contributed by atoms with E-state index >= 15 is 0 Å². The minimum atomic E-state index is -3.82. The first-order valence-corrected chi connectivity index (χ1v) is 10.2. The smallest absolute Gasteiger partial charge is 0.242 e. The second-order valence-electron chi connectivity index (χ2n) is 6.85. The number of carbonyl (C=O) groups excluding carboxylic acids is 1. The molecule has 2 N–H and O–H groups in total. The summed E-state index contributed by atoms with van der Waals surface area (Å²) in [6.07, 6.45) is 0. The predicted octanol–water partition coefficient (Wildman–Crippen LogP) is 3.25. The van der Waals surface area contributed by atoms with E-state index in [9.17, 15) is 13.2 Å². The molecule has 0 aliphatic rings. The Morgan fingerprint density at radius 3 is 2.15 bits per heavy atom. The summed E-state index contributed by atoms with van der Waals surface area (Å²) >= 11 is 0. The highest BCUT2D eigenvalue weighted by molar-refractivity contribution is 7.89. The zero-order valence-corrected chi connectivity index (χ0v) is 17.1. The third-order valence-corrected chi connectivity index (χ3v) is 5.63. The molecule has 0 saturated carbocycles. The van der Waals surface area contributed by atoms with Crippen molar-refractivity contribution in [3.63, 3.8) is 0 Å². The third kappa shape index (κ3) is 5.30. The van der Waals surface area contributed by atoms with E-state index in [1.54, 1.807) is 38.1 Å². The van der Waals surface area contributed by atoms with Crippen LogP contribution in [0.1, 0.15) is 25.0 Å². The molecule has 0 spiro atoms. The van der Waals surface area contributed by atoms with Crippen molar-refractivity contribution in [2.24, 2.45) is 5.92 Å². The number of nitrogens with one attached hydrogen (secondary N) is 2. The first-order chi connectivity index (χ1) is 12.6. The van der Waals surface area contributed by atoms with Gasteiger partial charge in [0.2, 0.25) is 15.9 Å². The summed E-state index contributed by atoms with van der Waals surface area (Å²) in [5, 5.41) is 2.78. The van der Waals surface area contributed by atoms with Crippen molar-refractivity contribution < 1.29 is 17.9 Å². The van der Waals surface area contributed by atoms with Crippen LogP contribution in [-0.2, 0) is 14.8 Å². The molecule has 0 heterocycles. The molecule has 0 fully saturated rings. The monoisotopic (exact) mass is 390 g/mol. The average molecular weight is 391 g/mol. The zero-order valence-electron chi connectivity index (χ0n) is 16.2. The molecule has 0 radical (unpaired) electrons. The highest BCUT2D eigenvalue weighted by atomic mass is 32.2.